The SMILES string of the molecule is CCOC(=O)c1cnc(SC)nc1NC1CC2CCC1C2. The van der Waals surface area contributed by atoms with Crippen molar-refractivity contribution in [3.8, 4) is 0 Å². The summed E-state index contributed by atoms with van der Waals surface area (Å²) >= 11 is 1.48. The van der Waals surface area contributed by atoms with Gasteiger partial charge in [0.05, 0.1) is 6.61 Å². The third-order valence-electron chi connectivity index (χ3n) is 4.50. The van der Waals surface area contributed by atoms with Crippen molar-refractivity contribution in [3.63, 3.8) is 0 Å². The van der Waals surface area contributed by atoms with Gasteiger partial charge in [0, 0.05) is 12.2 Å². The number of aromatic nitrogens is 2. The Morgan fingerprint density at radius 3 is 2.95 bits per heavy atom. The molecule has 3 unspecified atom stereocenters. The van der Waals surface area contributed by atoms with Gasteiger partial charge >= 0.3 is 5.97 Å². The van der Waals surface area contributed by atoms with Crippen LogP contribution in [0.5, 0.6) is 0 Å². The summed E-state index contributed by atoms with van der Waals surface area (Å²) in [5.41, 5.74) is 0.442. The predicted octanol–water partition coefficient (Wildman–Crippen LogP) is 2.98. The Bertz CT molecular complexity index is 538. The number of fused-ring (bicyclic) bond motifs is 2. The van der Waals surface area contributed by atoms with Gasteiger partial charge in [0.15, 0.2) is 5.16 Å². The highest BCUT2D eigenvalue weighted by atomic mass is 32.2. The van der Waals surface area contributed by atoms with E-state index in [0.29, 0.717) is 29.2 Å². The second-order valence-corrected chi connectivity index (χ2v) is 6.54. The molecule has 0 saturated heterocycles. The number of anilines is 1. The molecule has 1 heterocycles. The molecule has 0 radical (unpaired) electrons. The zero-order valence-electron chi connectivity index (χ0n) is 12.5. The second kappa shape index (κ2) is 6.22. The molecule has 1 aromatic rings. The van der Waals surface area contributed by atoms with E-state index >= 15 is 0 Å². The highest BCUT2D eigenvalue weighted by Crippen LogP contribution is 2.45. The van der Waals surface area contributed by atoms with Gasteiger partial charge in [0.25, 0.3) is 0 Å². The Balaban J connectivity index is 1.82. The molecule has 0 amide bonds. The molecule has 1 aromatic heterocycles. The fourth-order valence-electron chi connectivity index (χ4n) is 3.53. The van der Waals surface area contributed by atoms with E-state index in [9.17, 15) is 4.79 Å². The predicted molar refractivity (Wildman–Crippen MR) is 82.6 cm³/mol. The number of carbonyl (C=O) groups excluding carboxylic acids is 1. The molecule has 2 bridgehead atoms. The molecule has 2 fully saturated rings. The van der Waals surface area contributed by atoms with Crippen LogP contribution >= 0.6 is 11.8 Å². The number of hydrogen-bond donors (Lipinski definition) is 1. The van der Waals surface area contributed by atoms with Crippen molar-refractivity contribution < 1.29 is 9.53 Å². The molecule has 0 aromatic carbocycles. The van der Waals surface area contributed by atoms with Gasteiger partial charge in [0.1, 0.15) is 11.4 Å². The smallest absolute Gasteiger partial charge is 0.343 e. The van der Waals surface area contributed by atoms with E-state index in [1.807, 2.05) is 6.26 Å². The highest BCUT2D eigenvalue weighted by Gasteiger charge is 2.40. The average Bonchev–Trinajstić information content (AvgIpc) is 3.10. The van der Waals surface area contributed by atoms with Gasteiger partial charge in [0.2, 0.25) is 0 Å². The molecule has 2 aliphatic rings. The minimum Gasteiger partial charge on any atom is -0.462 e. The van der Waals surface area contributed by atoms with Crippen LogP contribution in [0.15, 0.2) is 11.4 Å². The number of hydrogen-bond acceptors (Lipinski definition) is 6. The van der Waals surface area contributed by atoms with Crippen LogP contribution in [0, 0.1) is 11.8 Å². The molecule has 1 N–H and O–H groups in total. The van der Waals surface area contributed by atoms with E-state index in [4.69, 9.17) is 4.74 Å². The van der Waals surface area contributed by atoms with Crippen molar-refractivity contribution in [2.75, 3.05) is 18.2 Å². The molecule has 6 heteroatoms. The van der Waals surface area contributed by atoms with Crippen molar-refractivity contribution in [1.29, 1.82) is 0 Å². The normalized spacial score (nSPS) is 26.9. The molecular formula is C15H21N3O2S. The van der Waals surface area contributed by atoms with Gasteiger partial charge in [-0.2, -0.15) is 0 Å². The molecular weight excluding hydrogens is 286 g/mol. The van der Waals surface area contributed by atoms with Crippen LogP contribution in [0.4, 0.5) is 5.82 Å². The van der Waals surface area contributed by atoms with Crippen LogP contribution in [-0.4, -0.2) is 34.8 Å². The summed E-state index contributed by atoms with van der Waals surface area (Å²) in [5.74, 6) is 1.85. The van der Waals surface area contributed by atoms with Crippen molar-refractivity contribution in [2.24, 2.45) is 11.8 Å². The lowest BCUT2D eigenvalue weighted by molar-refractivity contribution is 0.0526. The maximum atomic E-state index is 12.0. The van der Waals surface area contributed by atoms with Crippen LogP contribution in [0.3, 0.4) is 0 Å². The number of nitrogens with one attached hydrogen (secondary N) is 1. The standard InChI is InChI=1S/C15H21N3O2S/c1-3-20-14(19)11-8-16-15(21-2)18-13(11)17-12-7-9-4-5-10(12)6-9/h8-10,12H,3-7H2,1-2H3,(H,16,17,18). The molecule has 3 atom stereocenters. The Hall–Kier alpha value is -1.30. The number of rotatable bonds is 5. The van der Waals surface area contributed by atoms with Crippen molar-refractivity contribution >= 4 is 23.5 Å². The monoisotopic (exact) mass is 307 g/mol. The fourth-order valence-corrected chi connectivity index (χ4v) is 3.87. The largest absolute Gasteiger partial charge is 0.462 e. The average molecular weight is 307 g/mol. The summed E-state index contributed by atoms with van der Waals surface area (Å²) in [4.78, 5) is 20.7. The molecule has 114 valence electrons. The number of carbonyl (C=O) groups is 1. The number of thioether (sulfide) groups is 1. The molecule has 5 nitrogen and oxygen atoms in total. The number of esters is 1. The summed E-state index contributed by atoms with van der Waals surface area (Å²) in [5, 5.41) is 4.16. The summed E-state index contributed by atoms with van der Waals surface area (Å²) in [6.45, 7) is 2.16. The zero-order chi connectivity index (χ0) is 14.8. The molecule has 3 rings (SSSR count). The van der Waals surface area contributed by atoms with Crippen LogP contribution in [0.1, 0.15) is 43.0 Å². The Morgan fingerprint density at radius 2 is 2.33 bits per heavy atom. The van der Waals surface area contributed by atoms with Gasteiger partial charge < -0.3 is 10.1 Å². The van der Waals surface area contributed by atoms with Gasteiger partial charge in [-0.05, 0) is 44.3 Å². The number of ether oxygens (including phenoxy) is 1. The van der Waals surface area contributed by atoms with E-state index in [0.717, 1.165) is 11.8 Å². The van der Waals surface area contributed by atoms with E-state index in [1.54, 1.807) is 13.1 Å². The Morgan fingerprint density at radius 1 is 1.48 bits per heavy atom. The van der Waals surface area contributed by atoms with Crippen molar-refractivity contribution in [2.45, 2.75) is 43.8 Å². The topological polar surface area (TPSA) is 64.1 Å². The number of nitrogens with zero attached hydrogens (tertiary/aromatic N) is 2. The first-order valence-electron chi connectivity index (χ1n) is 7.56. The second-order valence-electron chi connectivity index (χ2n) is 5.77. The lowest BCUT2D eigenvalue weighted by Gasteiger charge is -2.24. The first-order chi connectivity index (χ1) is 10.2. The zero-order valence-corrected chi connectivity index (χ0v) is 13.3. The summed E-state index contributed by atoms with van der Waals surface area (Å²) < 4.78 is 5.10. The third kappa shape index (κ3) is 3.00. The summed E-state index contributed by atoms with van der Waals surface area (Å²) in [6.07, 6.45) is 8.65. The van der Waals surface area contributed by atoms with E-state index < -0.39 is 0 Å². The van der Waals surface area contributed by atoms with E-state index in [-0.39, 0.29) is 5.97 Å². The lowest BCUT2D eigenvalue weighted by Crippen LogP contribution is -2.28. The molecule has 21 heavy (non-hydrogen) atoms. The molecule has 2 saturated carbocycles. The van der Waals surface area contributed by atoms with Gasteiger partial charge in [-0.1, -0.05) is 18.2 Å². The minimum absolute atomic E-state index is 0.351. The maximum absolute atomic E-state index is 12.0. The van der Waals surface area contributed by atoms with Crippen molar-refractivity contribution in [3.05, 3.63) is 11.8 Å². The van der Waals surface area contributed by atoms with Crippen LogP contribution in [0.2, 0.25) is 0 Å². The van der Waals surface area contributed by atoms with Gasteiger partial charge in [-0.15, -0.1) is 0 Å². The minimum atomic E-state index is -0.351. The summed E-state index contributed by atoms with van der Waals surface area (Å²) in [6, 6.07) is 0.432. The Labute approximate surface area is 129 Å². The van der Waals surface area contributed by atoms with Crippen LogP contribution in [-0.2, 0) is 4.74 Å². The quantitative estimate of drug-likeness (QED) is 0.512. The molecule has 0 spiro atoms. The van der Waals surface area contributed by atoms with E-state index in [2.05, 4.69) is 15.3 Å². The van der Waals surface area contributed by atoms with Crippen LogP contribution < -0.4 is 5.32 Å². The third-order valence-corrected chi connectivity index (χ3v) is 5.07. The Kier molecular flexibility index (Phi) is 4.33. The first-order valence-corrected chi connectivity index (χ1v) is 8.78. The van der Waals surface area contributed by atoms with Gasteiger partial charge in [-0.25, -0.2) is 14.8 Å². The maximum Gasteiger partial charge on any atom is 0.343 e. The molecule has 0 aliphatic heterocycles. The summed E-state index contributed by atoms with van der Waals surface area (Å²) in [7, 11) is 0. The highest BCUT2D eigenvalue weighted by molar-refractivity contribution is 7.98. The van der Waals surface area contributed by atoms with Crippen molar-refractivity contribution in [1.82, 2.24) is 9.97 Å². The van der Waals surface area contributed by atoms with E-state index in [1.165, 1.54) is 37.4 Å². The molecule has 2 aliphatic carbocycles. The first kappa shape index (κ1) is 14.6. The van der Waals surface area contributed by atoms with Crippen LogP contribution in [0.25, 0.3) is 0 Å². The van der Waals surface area contributed by atoms with Gasteiger partial charge in [-0.3, -0.25) is 0 Å². The fraction of sp³-hybridized carbons (Fsp3) is 0.667. The lowest BCUT2D eigenvalue weighted by atomic mass is 9.95.